The van der Waals surface area contributed by atoms with E-state index in [2.05, 4.69) is 57.6 Å². The Hall–Kier alpha value is -3.80. The van der Waals surface area contributed by atoms with E-state index in [4.69, 9.17) is 9.47 Å². The molecule has 6 nitrogen and oxygen atoms in total. The third-order valence-electron chi connectivity index (χ3n) is 7.63. The smallest absolute Gasteiger partial charge is 0.231 e. The maximum Gasteiger partial charge on any atom is 0.231 e. The molecule has 4 aromatic rings. The van der Waals surface area contributed by atoms with Crippen LogP contribution in [0.5, 0.6) is 11.5 Å². The molecule has 6 rings (SSSR count). The summed E-state index contributed by atoms with van der Waals surface area (Å²) in [6, 6.07) is 20.8. The fourth-order valence-electron chi connectivity index (χ4n) is 5.59. The van der Waals surface area contributed by atoms with Crippen LogP contribution in [0, 0.1) is 12.8 Å². The van der Waals surface area contributed by atoms with Gasteiger partial charge in [0, 0.05) is 37.8 Å². The first-order valence-corrected chi connectivity index (χ1v) is 12.8. The van der Waals surface area contributed by atoms with E-state index < -0.39 is 0 Å². The molecule has 0 spiro atoms. The minimum Gasteiger partial charge on any atom is -0.454 e. The predicted octanol–water partition coefficient (Wildman–Crippen LogP) is 5.37. The molecule has 1 unspecified atom stereocenters. The lowest BCUT2D eigenvalue weighted by atomic mass is 9.88. The summed E-state index contributed by atoms with van der Waals surface area (Å²) in [4.78, 5) is 20.4. The first-order valence-electron chi connectivity index (χ1n) is 12.8. The molecule has 36 heavy (non-hydrogen) atoms. The topological polar surface area (TPSA) is 56.1 Å². The van der Waals surface area contributed by atoms with E-state index in [0.717, 1.165) is 66.3 Å². The number of piperidine rings is 1. The lowest BCUT2D eigenvalue weighted by molar-refractivity contribution is -0.132. The van der Waals surface area contributed by atoms with Crippen LogP contribution in [0.4, 0.5) is 0 Å². The molecule has 6 heteroatoms. The molecule has 184 valence electrons. The molecule has 0 radical (unpaired) electrons. The van der Waals surface area contributed by atoms with Crippen LogP contribution in [-0.4, -0.2) is 40.1 Å². The molecule has 2 aromatic heterocycles. The highest BCUT2D eigenvalue weighted by atomic mass is 16.7. The van der Waals surface area contributed by atoms with E-state index in [1.54, 1.807) is 0 Å². The zero-order chi connectivity index (χ0) is 24.5. The third-order valence-corrected chi connectivity index (χ3v) is 7.63. The van der Waals surface area contributed by atoms with E-state index >= 15 is 0 Å². The van der Waals surface area contributed by atoms with Gasteiger partial charge in [0.1, 0.15) is 5.65 Å². The quantitative estimate of drug-likeness (QED) is 0.371. The lowest BCUT2D eigenvalue weighted by Gasteiger charge is -2.33. The zero-order valence-electron chi connectivity index (χ0n) is 20.6. The van der Waals surface area contributed by atoms with Crippen molar-refractivity contribution in [3.05, 3.63) is 95.4 Å². The maximum absolute atomic E-state index is 13.6. The van der Waals surface area contributed by atoms with Crippen molar-refractivity contribution < 1.29 is 14.3 Å². The van der Waals surface area contributed by atoms with E-state index in [1.165, 1.54) is 5.56 Å². The molecule has 2 aromatic carbocycles. The van der Waals surface area contributed by atoms with Gasteiger partial charge in [0.25, 0.3) is 0 Å². The van der Waals surface area contributed by atoms with E-state index in [9.17, 15) is 4.79 Å². The number of pyridine rings is 1. The summed E-state index contributed by atoms with van der Waals surface area (Å²) in [7, 11) is 0. The van der Waals surface area contributed by atoms with Gasteiger partial charge in [-0.1, -0.05) is 42.5 Å². The van der Waals surface area contributed by atoms with Crippen LogP contribution in [-0.2, 0) is 11.2 Å². The van der Waals surface area contributed by atoms with Crippen molar-refractivity contribution in [3.8, 4) is 11.5 Å². The highest BCUT2D eigenvalue weighted by Gasteiger charge is 2.29. The fourth-order valence-corrected chi connectivity index (χ4v) is 5.59. The largest absolute Gasteiger partial charge is 0.454 e. The molecular formula is C30H31N3O3. The number of likely N-dealkylation sites (tertiary alicyclic amines) is 1. The summed E-state index contributed by atoms with van der Waals surface area (Å²) < 4.78 is 13.3. The number of fused-ring (bicyclic) bond motifs is 2. The van der Waals surface area contributed by atoms with Gasteiger partial charge in [-0.05, 0) is 67.0 Å². The highest BCUT2D eigenvalue weighted by molar-refractivity contribution is 5.78. The number of ether oxygens (including phenoxy) is 2. The Labute approximate surface area is 211 Å². The van der Waals surface area contributed by atoms with E-state index in [0.29, 0.717) is 12.3 Å². The van der Waals surface area contributed by atoms with Crippen molar-refractivity contribution in [2.45, 2.75) is 38.5 Å². The van der Waals surface area contributed by atoms with Gasteiger partial charge < -0.3 is 18.8 Å². The van der Waals surface area contributed by atoms with Gasteiger partial charge in [0.05, 0.1) is 5.69 Å². The molecule has 1 fully saturated rings. The van der Waals surface area contributed by atoms with Crippen molar-refractivity contribution in [1.29, 1.82) is 0 Å². The standard InChI is InChI=1S/C30H31N3O3/c1-21-6-5-13-33-26(19-31-30(21)33)25(24-9-10-27-28(17-24)36-20-35-27)18-29(34)32-14-11-23(12-15-32)16-22-7-3-2-4-8-22/h2-10,13,17,19,23,25H,11-12,14-16,18,20H2,1H3. The average Bonchev–Trinajstić information content (AvgIpc) is 3.56. The second-order valence-corrected chi connectivity index (χ2v) is 9.95. The third kappa shape index (κ3) is 4.43. The van der Waals surface area contributed by atoms with Crippen LogP contribution in [0.2, 0.25) is 0 Å². The Morgan fingerprint density at radius 1 is 1.03 bits per heavy atom. The predicted molar refractivity (Wildman–Crippen MR) is 138 cm³/mol. The van der Waals surface area contributed by atoms with Gasteiger partial charge in [-0.25, -0.2) is 4.98 Å². The van der Waals surface area contributed by atoms with Crippen molar-refractivity contribution in [3.63, 3.8) is 0 Å². The van der Waals surface area contributed by atoms with Gasteiger partial charge in [0.15, 0.2) is 11.5 Å². The molecule has 2 aliphatic rings. The summed E-state index contributed by atoms with van der Waals surface area (Å²) in [5, 5.41) is 0. The number of aryl methyl sites for hydroxylation is 1. The summed E-state index contributed by atoms with van der Waals surface area (Å²) in [5.74, 6) is 2.17. The first kappa shape index (κ1) is 22.7. The summed E-state index contributed by atoms with van der Waals surface area (Å²) in [6.07, 6.45) is 7.52. The fraction of sp³-hybridized carbons (Fsp3) is 0.333. The monoisotopic (exact) mass is 481 g/mol. The number of nitrogens with zero attached hydrogens (tertiary/aromatic N) is 3. The van der Waals surface area contributed by atoms with Crippen LogP contribution < -0.4 is 9.47 Å². The van der Waals surface area contributed by atoms with Gasteiger partial charge in [-0.15, -0.1) is 0 Å². The van der Waals surface area contributed by atoms with E-state index in [1.807, 2.05) is 36.7 Å². The number of carbonyl (C=O) groups excluding carboxylic acids is 1. The first-order chi connectivity index (χ1) is 17.7. The molecule has 1 amide bonds. The van der Waals surface area contributed by atoms with Crippen molar-refractivity contribution in [2.24, 2.45) is 5.92 Å². The number of benzene rings is 2. The van der Waals surface area contributed by atoms with Crippen LogP contribution in [0.15, 0.2) is 73.1 Å². The number of carbonyl (C=O) groups is 1. The molecule has 4 heterocycles. The average molecular weight is 482 g/mol. The molecule has 1 saturated heterocycles. The number of amides is 1. The Kier molecular flexibility index (Phi) is 6.09. The molecule has 0 N–H and O–H groups in total. The SMILES string of the molecule is Cc1cccn2c(C(CC(=O)N3CCC(Cc4ccccc4)CC3)c3ccc4c(c3)OCO4)cnc12. The minimum atomic E-state index is -0.133. The lowest BCUT2D eigenvalue weighted by Crippen LogP contribution is -2.39. The second kappa shape index (κ2) is 9.69. The molecule has 0 bridgehead atoms. The van der Waals surface area contributed by atoms with E-state index in [-0.39, 0.29) is 18.6 Å². The normalized spacial score (nSPS) is 16.4. The maximum atomic E-state index is 13.6. The molecule has 2 aliphatic heterocycles. The van der Waals surface area contributed by atoms with Crippen LogP contribution in [0.25, 0.3) is 5.65 Å². The number of hydrogen-bond donors (Lipinski definition) is 0. The highest BCUT2D eigenvalue weighted by Crippen LogP contribution is 2.38. The number of aromatic nitrogens is 2. The van der Waals surface area contributed by atoms with Gasteiger partial charge >= 0.3 is 0 Å². The van der Waals surface area contributed by atoms with Gasteiger partial charge in [-0.3, -0.25) is 4.79 Å². The van der Waals surface area contributed by atoms with Crippen molar-refractivity contribution in [2.75, 3.05) is 19.9 Å². The van der Waals surface area contributed by atoms with Crippen LogP contribution in [0.3, 0.4) is 0 Å². The minimum absolute atomic E-state index is 0.133. The zero-order valence-corrected chi connectivity index (χ0v) is 20.6. The Morgan fingerprint density at radius 3 is 2.67 bits per heavy atom. The molecule has 1 atom stereocenters. The Bertz CT molecular complexity index is 1370. The van der Waals surface area contributed by atoms with Crippen LogP contribution >= 0.6 is 0 Å². The summed E-state index contributed by atoms with van der Waals surface area (Å²) in [6.45, 7) is 3.93. The Balaban J connectivity index is 1.23. The van der Waals surface area contributed by atoms with Crippen LogP contribution in [0.1, 0.15) is 47.6 Å². The number of rotatable bonds is 6. The molecular weight excluding hydrogens is 450 g/mol. The molecule has 0 aliphatic carbocycles. The Morgan fingerprint density at radius 2 is 1.83 bits per heavy atom. The second-order valence-electron chi connectivity index (χ2n) is 9.95. The van der Waals surface area contributed by atoms with Gasteiger partial charge in [0.2, 0.25) is 12.7 Å². The molecule has 0 saturated carbocycles. The van der Waals surface area contributed by atoms with Crippen molar-refractivity contribution in [1.82, 2.24) is 14.3 Å². The number of hydrogen-bond acceptors (Lipinski definition) is 4. The van der Waals surface area contributed by atoms with Gasteiger partial charge in [-0.2, -0.15) is 0 Å². The van der Waals surface area contributed by atoms with Crippen molar-refractivity contribution >= 4 is 11.6 Å². The number of imidazole rings is 1. The summed E-state index contributed by atoms with van der Waals surface area (Å²) in [5.41, 5.74) is 5.47. The summed E-state index contributed by atoms with van der Waals surface area (Å²) >= 11 is 0.